The number of anilines is 2. The third kappa shape index (κ3) is 4.72. The maximum absolute atomic E-state index is 12.5. The summed E-state index contributed by atoms with van der Waals surface area (Å²) < 4.78 is 6.06. The summed E-state index contributed by atoms with van der Waals surface area (Å²) in [5, 5.41) is 7.81. The number of hydrogen-bond acceptors (Lipinski definition) is 5. The molecule has 2 aromatic carbocycles. The maximum Gasteiger partial charge on any atom is 0.257 e. The Labute approximate surface area is 168 Å². The molecule has 2 N–H and O–H groups in total. The first kappa shape index (κ1) is 19.1. The van der Waals surface area contributed by atoms with E-state index >= 15 is 0 Å². The van der Waals surface area contributed by atoms with Crippen LogP contribution in [0.15, 0.2) is 52.3 Å². The van der Waals surface area contributed by atoms with Crippen LogP contribution in [0.25, 0.3) is 11.3 Å². The van der Waals surface area contributed by atoms with Crippen molar-refractivity contribution < 1.29 is 14.3 Å². The zero-order chi connectivity index (χ0) is 19.4. The standard InChI is InChI=1S/C19H16BrN3O3S/c1-11(24)21-14-5-3-4-13(8-14)18(25)23-19-22-16(10-27-19)12-6-7-17(26-2)15(20)9-12/h3-10H,1-2H3,(H,21,24)(H,22,23,25). The average Bonchev–Trinajstić information content (AvgIpc) is 3.09. The van der Waals surface area contributed by atoms with Crippen LogP contribution in [0.2, 0.25) is 0 Å². The molecule has 0 atom stereocenters. The predicted octanol–water partition coefficient (Wildman–Crippen LogP) is 4.79. The second-order valence-corrected chi connectivity index (χ2v) is 7.32. The summed E-state index contributed by atoms with van der Waals surface area (Å²) in [6.07, 6.45) is 0. The molecule has 0 aliphatic heterocycles. The van der Waals surface area contributed by atoms with Gasteiger partial charge in [0.05, 0.1) is 17.3 Å². The number of rotatable bonds is 5. The minimum Gasteiger partial charge on any atom is -0.496 e. The molecule has 2 amide bonds. The summed E-state index contributed by atoms with van der Waals surface area (Å²) in [7, 11) is 1.61. The van der Waals surface area contributed by atoms with Crippen molar-refractivity contribution in [3.05, 3.63) is 57.9 Å². The van der Waals surface area contributed by atoms with Crippen LogP contribution in [-0.2, 0) is 4.79 Å². The number of thiazole rings is 1. The van der Waals surface area contributed by atoms with Gasteiger partial charge in [0.15, 0.2) is 5.13 Å². The zero-order valence-corrected chi connectivity index (χ0v) is 17.0. The van der Waals surface area contributed by atoms with Crippen molar-refractivity contribution in [2.75, 3.05) is 17.7 Å². The Balaban J connectivity index is 1.75. The smallest absolute Gasteiger partial charge is 0.257 e. The van der Waals surface area contributed by atoms with E-state index in [1.165, 1.54) is 18.3 Å². The molecule has 0 saturated heterocycles. The molecule has 3 rings (SSSR count). The van der Waals surface area contributed by atoms with Gasteiger partial charge in [0.1, 0.15) is 5.75 Å². The number of carbonyl (C=O) groups excluding carboxylic acids is 2. The van der Waals surface area contributed by atoms with E-state index in [0.717, 1.165) is 21.5 Å². The largest absolute Gasteiger partial charge is 0.496 e. The first-order valence-corrected chi connectivity index (χ1v) is 9.62. The van der Waals surface area contributed by atoms with E-state index in [4.69, 9.17) is 4.74 Å². The van der Waals surface area contributed by atoms with Crippen molar-refractivity contribution in [1.82, 2.24) is 4.98 Å². The lowest BCUT2D eigenvalue weighted by Crippen LogP contribution is -2.13. The van der Waals surface area contributed by atoms with E-state index in [-0.39, 0.29) is 11.8 Å². The van der Waals surface area contributed by atoms with Crippen LogP contribution in [0, 0.1) is 0 Å². The fraction of sp³-hybridized carbons (Fsp3) is 0.105. The van der Waals surface area contributed by atoms with Gasteiger partial charge in [-0.25, -0.2) is 4.98 Å². The Morgan fingerprint density at radius 1 is 1.15 bits per heavy atom. The van der Waals surface area contributed by atoms with Crippen LogP contribution in [0.5, 0.6) is 5.75 Å². The van der Waals surface area contributed by atoms with Crippen molar-refractivity contribution in [2.24, 2.45) is 0 Å². The van der Waals surface area contributed by atoms with Gasteiger partial charge in [0.25, 0.3) is 5.91 Å². The van der Waals surface area contributed by atoms with E-state index in [2.05, 4.69) is 31.5 Å². The van der Waals surface area contributed by atoms with E-state index in [1.54, 1.807) is 31.4 Å². The van der Waals surface area contributed by atoms with Crippen molar-refractivity contribution in [2.45, 2.75) is 6.92 Å². The van der Waals surface area contributed by atoms with Crippen LogP contribution in [0.1, 0.15) is 17.3 Å². The van der Waals surface area contributed by atoms with Gasteiger partial charge in [-0.1, -0.05) is 6.07 Å². The van der Waals surface area contributed by atoms with Gasteiger partial charge in [-0.05, 0) is 52.3 Å². The Morgan fingerprint density at radius 3 is 2.67 bits per heavy atom. The molecule has 0 unspecified atom stereocenters. The molecule has 3 aromatic rings. The first-order valence-electron chi connectivity index (χ1n) is 7.94. The monoisotopic (exact) mass is 445 g/mol. The molecule has 138 valence electrons. The highest BCUT2D eigenvalue weighted by molar-refractivity contribution is 9.10. The lowest BCUT2D eigenvalue weighted by atomic mass is 10.2. The van der Waals surface area contributed by atoms with E-state index in [0.29, 0.717) is 16.4 Å². The summed E-state index contributed by atoms with van der Waals surface area (Å²) in [4.78, 5) is 28.1. The summed E-state index contributed by atoms with van der Waals surface area (Å²) >= 11 is 4.80. The Bertz CT molecular complexity index is 1000. The lowest BCUT2D eigenvalue weighted by molar-refractivity contribution is -0.114. The number of halogens is 1. The number of amides is 2. The number of benzene rings is 2. The van der Waals surface area contributed by atoms with Gasteiger partial charge in [0.2, 0.25) is 5.91 Å². The van der Waals surface area contributed by atoms with Gasteiger partial charge in [0, 0.05) is 29.1 Å². The van der Waals surface area contributed by atoms with Crippen molar-refractivity contribution in [1.29, 1.82) is 0 Å². The average molecular weight is 446 g/mol. The molecular weight excluding hydrogens is 430 g/mol. The highest BCUT2D eigenvalue weighted by Crippen LogP contribution is 2.32. The van der Waals surface area contributed by atoms with Crippen molar-refractivity contribution >= 4 is 49.9 Å². The number of nitrogens with one attached hydrogen (secondary N) is 2. The van der Waals surface area contributed by atoms with Crippen molar-refractivity contribution in [3.8, 4) is 17.0 Å². The SMILES string of the molecule is COc1ccc(-c2csc(NC(=O)c3cccc(NC(C)=O)c3)n2)cc1Br. The molecule has 0 spiro atoms. The van der Waals surface area contributed by atoms with Gasteiger partial charge in [-0.15, -0.1) is 11.3 Å². The topological polar surface area (TPSA) is 80.3 Å². The van der Waals surface area contributed by atoms with Crippen LogP contribution in [0.3, 0.4) is 0 Å². The molecule has 0 radical (unpaired) electrons. The summed E-state index contributed by atoms with van der Waals surface area (Å²) in [5.41, 5.74) is 2.67. The van der Waals surface area contributed by atoms with Gasteiger partial charge < -0.3 is 10.1 Å². The Kier molecular flexibility index (Phi) is 5.88. The van der Waals surface area contributed by atoms with Gasteiger partial charge in [-0.2, -0.15) is 0 Å². The van der Waals surface area contributed by atoms with Crippen LogP contribution >= 0.6 is 27.3 Å². The fourth-order valence-electron chi connectivity index (χ4n) is 2.40. The number of methoxy groups -OCH3 is 1. The van der Waals surface area contributed by atoms with E-state index in [1.807, 2.05) is 23.6 Å². The summed E-state index contributed by atoms with van der Waals surface area (Å²) in [6, 6.07) is 12.4. The second kappa shape index (κ2) is 8.32. The predicted molar refractivity (Wildman–Crippen MR) is 111 cm³/mol. The Morgan fingerprint density at radius 2 is 1.96 bits per heavy atom. The lowest BCUT2D eigenvalue weighted by Gasteiger charge is -2.06. The van der Waals surface area contributed by atoms with Crippen LogP contribution < -0.4 is 15.4 Å². The molecule has 0 aliphatic rings. The summed E-state index contributed by atoms with van der Waals surface area (Å²) in [6.45, 7) is 1.42. The minimum atomic E-state index is -0.293. The second-order valence-electron chi connectivity index (χ2n) is 5.60. The first-order chi connectivity index (χ1) is 13.0. The number of hydrogen-bond donors (Lipinski definition) is 2. The molecule has 0 fully saturated rings. The van der Waals surface area contributed by atoms with E-state index < -0.39 is 0 Å². The number of carbonyl (C=O) groups is 2. The molecule has 0 saturated carbocycles. The third-order valence-electron chi connectivity index (χ3n) is 3.62. The molecule has 1 aromatic heterocycles. The quantitative estimate of drug-likeness (QED) is 0.591. The van der Waals surface area contributed by atoms with Crippen LogP contribution in [-0.4, -0.2) is 23.9 Å². The van der Waals surface area contributed by atoms with Gasteiger partial charge in [-0.3, -0.25) is 14.9 Å². The maximum atomic E-state index is 12.5. The molecule has 1 heterocycles. The fourth-order valence-corrected chi connectivity index (χ4v) is 3.66. The zero-order valence-electron chi connectivity index (χ0n) is 14.6. The van der Waals surface area contributed by atoms with E-state index in [9.17, 15) is 9.59 Å². The van der Waals surface area contributed by atoms with Crippen molar-refractivity contribution in [3.63, 3.8) is 0 Å². The number of nitrogens with zero attached hydrogens (tertiary/aromatic N) is 1. The molecule has 6 nitrogen and oxygen atoms in total. The molecule has 0 bridgehead atoms. The highest BCUT2D eigenvalue weighted by Gasteiger charge is 2.12. The normalized spacial score (nSPS) is 10.3. The molecule has 8 heteroatoms. The number of aromatic nitrogens is 1. The Hall–Kier alpha value is -2.71. The molecule has 0 aliphatic carbocycles. The number of ether oxygens (including phenoxy) is 1. The van der Waals surface area contributed by atoms with Gasteiger partial charge >= 0.3 is 0 Å². The summed E-state index contributed by atoms with van der Waals surface area (Å²) in [5.74, 6) is 0.253. The highest BCUT2D eigenvalue weighted by atomic mass is 79.9. The molecular formula is C19H16BrN3O3S. The van der Waals surface area contributed by atoms with Crippen LogP contribution in [0.4, 0.5) is 10.8 Å². The third-order valence-corrected chi connectivity index (χ3v) is 4.99. The molecule has 27 heavy (non-hydrogen) atoms. The minimum absolute atomic E-state index is 0.192.